The highest BCUT2D eigenvalue weighted by atomic mass is 79.9. The first-order chi connectivity index (χ1) is 11.4. The maximum Gasteiger partial charge on any atom is 0.163 e. The van der Waals surface area contributed by atoms with Crippen molar-refractivity contribution in [3.05, 3.63) is 16.6 Å². The molecule has 0 radical (unpaired) electrons. The second kappa shape index (κ2) is 6.76. The molecule has 0 amide bonds. The highest BCUT2D eigenvalue weighted by Crippen LogP contribution is 2.45. The lowest BCUT2D eigenvalue weighted by Gasteiger charge is -2.26. The van der Waals surface area contributed by atoms with Crippen molar-refractivity contribution in [1.82, 2.24) is 0 Å². The van der Waals surface area contributed by atoms with Crippen LogP contribution in [0, 0.1) is 5.41 Å². The van der Waals surface area contributed by atoms with Gasteiger partial charge in [0, 0.05) is 21.9 Å². The molecule has 0 saturated carbocycles. The summed E-state index contributed by atoms with van der Waals surface area (Å²) in [5, 5.41) is 8.56. The fourth-order valence-corrected chi connectivity index (χ4v) is 7.33. The van der Waals surface area contributed by atoms with E-state index in [4.69, 9.17) is 14.9 Å². The molecule has 0 aromatic heterocycles. The third kappa shape index (κ3) is 3.25. The van der Waals surface area contributed by atoms with Crippen LogP contribution in [0.5, 0.6) is 11.5 Å². The van der Waals surface area contributed by atoms with E-state index in [0.717, 1.165) is 10.2 Å². The van der Waals surface area contributed by atoms with E-state index < -0.39 is 9.84 Å². The maximum atomic E-state index is 12.0. The van der Waals surface area contributed by atoms with Crippen LogP contribution >= 0.6 is 27.7 Å². The highest BCUT2D eigenvalue weighted by Gasteiger charge is 2.49. The Labute approximate surface area is 154 Å². The molecule has 1 aromatic carbocycles. The van der Waals surface area contributed by atoms with Gasteiger partial charge in [0.2, 0.25) is 0 Å². The van der Waals surface area contributed by atoms with Gasteiger partial charge in [-0.05, 0) is 29.8 Å². The topological polar surface area (TPSA) is 79.7 Å². The smallest absolute Gasteiger partial charge is 0.163 e. The van der Waals surface area contributed by atoms with Gasteiger partial charge in [-0.2, -0.15) is 0 Å². The summed E-state index contributed by atoms with van der Waals surface area (Å²) in [7, 11) is -3.05. The largest absolute Gasteiger partial charge is 0.490 e. The Kier molecular flexibility index (Phi) is 5.04. The first-order valence-corrected chi connectivity index (χ1v) is 11.2. The van der Waals surface area contributed by atoms with Crippen molar-refractivity contribution in [1.29, 1.82) is 5.41 Å². The van der Waals surface area contributed by atoms with E-state index in [1.54, 1.807) is 4.90 Å². The zero-order valence-corrected chi connectivity index (χ0v) is 16.6. The molecule has 2 saturated heterocycles. The third-order valence-corrected chi connectivity index (χ3v) is 7.72. The molecule has 9 heteroatoms. The van der Waals surface area contributed by atoms with Crippen LogP contribution < -0.4 is 14.4 Å². The van der Waals surface area contributed by atoms with Crippen LogP contribution in [0.4, 0.5) is 5.69 Å². The number of thioether (sulfide) groups is 1. The molecule has 1 N–H and O–H groups in total. The molecule has 6 nitrogen and oxygen atoms in total. The maximum absolute atomic E-state index is 12.0. The Morgan fingerprint density at radius 1 is 1.25 bits per heavy atom. The average Bonchev–Trinajstić information content (AvgIpc) is 2.93. The van der Waals surface area contributed by atoms with E-state index in [1.165, 1.54) is 11.8 Å². The lowest BCUT2D eigenvalue weighted by atomic mass is 10.2. The number of hydrogen-bond acceptors (Lipinski definition) is 6. The van der Waals surface area contributed by atoms with Crippen molar-refractivity contribution in [2.75, 3.05) is 29.6 Å². The van der Waals surface area contributed by atoms with E-state index in [9.17, 15) is 8.42 Å². The lowest BCUT2D eigenvalue weighted by Crippen LogP contribution is -2.37. The number of anilines is 1. The number of halogens is 1. The molecule has 2 atom stereocenters. The number of ether oxygens (including phenoxy) is 2. The summed E-state index contributed by atoms with van der Waals surface area (Å²) in [6.45, 7) is 4.81. The predicted molar refractivity (Wildman–Crippen MR) is 101 cm³/mol. The van der Waals surface area contributed by atoms with Crippen LogP contribution in [0.1, 0.15) is 13.8 Å². The van der Waals surface area contributed by atoms with E-state index in [1.807, 2.05) is 26.0 Å². The highest BCUT2D eigenvalue weighted by molar-refractivity contribution is 9.10. The molecule has 132 valence electrons. The summed E-state index contributed by atoms with van der Waals surface area (Å²) in [6.07, 6.45) is 0. The standard InChI is InChI=1S/C15H19BrN2O4S2/c1-3-21-12-5-9(16)10(6-13(12)22-4-2)18-11-7-24(19,20)8-14(11)23-15(18)17/h5-6,11,14,17H,3-4,7-8H2,1-2H3/t11-,14+/m0/s1. The number of nitrogens with one attached hydrogen (secondary N) is 1. The quantitative estimate of drug-likeness (QED) is 0.766. The number of rotatable bonds is 5. The Hall–Kier alpha value is -0.930. The first-order valence-electron chi connectivity index (χ1n) is 7.70. The van der Waals surface area contributed by atoms with Gasteiger partial charge in [-0.15, -0.1) is 0 Å². The first kappa shape index (κ1) is 17.9. The number of benzene rings is 1. The second-order valence-electron chi connectivity index (χ2n) is 5.59. The number of nitrogens with zero attached hydrogens (tertiary/aromatic N) is 1. The Balaban J connectivity index is 2.01. The lowest BCUT2D eigenvalue weighted by molar-refractivity contribution is 0.287. The monoisotopic (exact) mass is 434 g/mol. The van der Waals surface area contributed by atoms with Crippen molar-refractivity contribution in [3.8, 4) is 11.5 Å². The number of hydrogen-bond donors (Lipinski definition) is 1. The summed E-state index contributed by atoms with van der Waals surface area (Å²) in [5.41, 5.74) is 0.740. The SMILES string of the molecule is CCOc1cc(Br)c(N2C(=N)S[C@@H]3CS(=O)(=O)C[C@@H]32)cc1OCC. The molecule has 2 aliphatic heterocycles. The molecule has 1 aromatic rings. The van der Waals surface area contributed by atoms with Crippen LogP contribution in [0.2, 0.25) is 0 Å². The summed E-state index contributed by atoms with van der Waals surface area (Å²) >= 11 is 4.85. The Bertz CT molecular complexity index is 769. The van der Waals surface area contributed by atoms with Crippen molar-refractivity contribution in [2.24, 2.45) is 0 Å². The average molecular weight is 435 g/mol. The predicted octanol–water partition coefficient (Wildman–Crippen LogP) is 2.90. The fraction of sp³-hybridized carbons (Fsp3) is 0.533. The summed E-state index contributed by atoms with van der Waals surface area (Å²) < 4.78 is 35.9. The van der Waals surface area contributed by atoms with Gasteiger partial charge < -0.3 is 14.4 Å². The van der Waals surface area contributed by atoms with Gasteiger partial charge in [0.15, 0.2) is 26.5 Å². The second-order valence-corrected chi connectivity index (χ2v) is 9.83. The Morgan fingerprint density at radius 3 is 2.50 bits per heavy atom. The summed E-state index contributed by atoms with van der Waals surface area (Å²) in [5.74, 6) is 1.44. The van der Waals surface area contributed by atoms with Crippen LogP contribution in [-0.4, -0.2) is 49.6 Å². The normalized spacial score (nSPS) is 25.0. The molecule has 0 aliphatic carbocycles. The molecule has 3 rings (SSSR count). The summed E-state index contributed by atoms with van der Waals surface area (Å²) in [4.78, 5) is 1.79. The van der Waals surface area contributed by atoms with Gasteiger partial charge in [0.25, 0.3) is 0 Å². The van der Waals surface area contributed by atoms with E-state index in [-0.39, 0.29) is 22.8 Å². The molecular formula is C15H19BrN2O4S2. The van der Waals surface area contributed by atoms with Crippen molar-refractivity contribution in [3.63, 3.8) is 0 Å². The van der Waals surface area contributed by atoms with Crippen molar-refractivity contribution < 1.29 is 17.9 Å². The van der Waals surface area contributed by atoms with Gasteiger partial charge in [-0.25, -0.2) is 8.42 Å². The minimum Gasteiger partial charge on any atom is -0.490 e. The van der Waals surface area contributed by atoms with Crippen LogP contribution in [0.3, 0.4) is 0 Å². The van der Waals surface area contributed by atoms with Crippen LogP contribution in [0.25, 0.3) is 0 Å². The van der Waals surface area contributed by atoms with Crippen LogP contribution in [0.15, 0.2) is 16.6 Å². The number of sulfone groups is 1. The van der Waals surface area contributed by atoms with Crippen molar-refractivity contribution >= 4 is 48.4 Å². The van der Waals surface area contributed by atoms with Gasteiger partial charge in [0.05, 0.1) is 36.4 Å². The molecule has 0 unspecified atom stereocenters. The molecule has 2 fully saturated rings. The number of fused-ring (bicyclic) bond motifs is 1. The minimum atomic E-state index is -3.05. The molecule has 0 spiro atoms. The fourth-order valence-electron chi connectivity index (χ4n) is 3.03. The molecule has 0 bridgehead atoms. The summed E-state index contributed by atoms with van der Waals surface area (Å²) in [6, 6.07) is 3.43. The van der Waals surface area contributed by atoms with E-state index >= 15 is 0 Å². The van der Waals surface area contributed by atoms with Gasteiger partial charge >= 0.3 is 0 Å². The van der Waals surface area contributed by atoms with Gasteiger partial charge in [-0.1, -0.05) is 11.8 Å². The Morgan fingerprint density at radius 2 is 1.88 bits per heavy atom. The minimum absolute atomic E-state index is 0.0800. The van der Waals surface area contributed by atoms with Crippen molar-refractivity contribution in [2.45, 2.75) is 25.1 Å². The van der Waals surface area contributed by atoms with E-state index in [0.29, 0.717) is 29.9 Å². The molecular weight excluding hydrogens is 416 g/mol. The molecule has 2 heterocycles. The van der Waals surface area contributed by atoms with E-state index in [2.05, 4.69) is 15.9 Å². The third-order valence-electron chi connectivity index (χ3n) is 3.96. The van der Waals surface area contributed by atoms with Gasteiger partial charge in [-0.3, -0.25) is 5.41 Å². The van der Waals surface area contributed by atoms with Gasteiger partial charge in [0.1, 0.15) is 0 Å². The van der Waals surface area contributed by atoms with Crippen LogP contribution in [-0.2, 0) is 9.84 Å². The molecule has 24 heavy (non-hydrogen) atoms. The molecule has 2 aliphatic rings. The number of amidine groups is 1. The zero-order valence-electron chi connectivity index (χ0n) is 13.4. The zero-order chi connectivity index (χ0) is 17.5.